The Kier molecular flexibility index (Phi) is 16.8. The summed E-state index contributed by atoms with van der Waals surface area (Å²) in [5, 5.41) is 38.9. The Hall–Kier alpha value is -6.40. The van der Waals surface area contributed by atoms with Gasteiger partial charge in [0.05, 0.1) is 17.2 Å². The van der Waals surface area contributed by atoms with E-state index in [1.807, 2.05) is 0 Å². The molecule has 0 saturated heterocycles. The van der Waals surface area contributed by atoms with Crippen molar-refractivity contribution < 1.29 is 48.6 Å². The zero-order valence-electron chi connectivity index (χ0n) is 31.5. The number of anilines is 3. The minimum Gasteiger partial charge on any atom is -0.480 e. The van der Waals surface area contributed by atoms with Crippen molar-refractivity contribution in [3.05, 3.63) is 47.9 Å². The Labute approximate surface area is 339 Å². The van der Waals surface area contributed by atoms with Crippen LogP contribution in [-0.2, 0) is 45.1 Å². The molecule has 6 amide bonds. The second kappa shape index (κ2) is 21.2. The molecule has 0 aliphatic rings. The average molecular weight is 850 g/mol. The molecule has 0 spiro atoms. The van der Waals surface area contributed by atoms with Gasteiger partial charge in [0.25, 0.3) is 17.7 Å². The number of halogens is 1. The minimum absolute atomic E-state index is 0.0195. The smallest absolute Gasteiger partial charge is 0.322 e. The van der Waals surface area contributed by atoms with Crippen LogP contribution in [0.3, 0.4) is 0 Å². The predicted octanol–water partition coefficient (Wildman–Crippen LogP) is -1.19. The van der Waals surface area contributed by atoms with E-state index in [4.69, 9.17) is 38.7 Å². The highest BCUT2D eigenvalue weighted by Crippen LogP contribution is 2.19. The van der Waals surface area contributed by atoms with Gasteiger partial charge in [-0.1, -0.05) is 0 Å². The third-order valence-electron chi connectivity index (χ3n) is 7.90. The number of nitrogens with zero attached hydrogens (tertiary/aromatic N) is 4. The topological polar surface area (TPSA) is 353 Å². The summed E-state index contributed by atoms with van der Waals surface area (Å²) in [5.41, 5.74) is 11.7. The second-order valence-electron chi connectivity index (χ2n) is 12.7. The summed E-state index contributed by atoms with van der Waals surface area (Å²) >= 11 is 7.27. The van der Waals surface area contributed by atoms with Gasteiger partial charge < -0.3 is 67.3 Å². The molecule has 3 atom stereocenters. The van der Waals surface area contributed by atoms with Crippen molar-refractivity contribution >= 4 is 93.8 Å². The number of carboxylic acid groups (broad SMARTS) is 2. The number of thioether (sulfide) groups is 1. The summed E-state index contributed by atoms with van der Waals surface area (Å²) in [7, 11) is 4.72. The van der Waals surface area contributed by atoms with Gasteiger partial charge in [-0.15, -0.1) is 11.6 Å². The molecule has 0 bridgehead atoms. The van der Waals surface area contributed by atoms with Crippen molar-refractivity contribution in [2.75, 3.05) is 40.5 Å². The Morgan fingerprint density at radius 1 is 0.828 bits per heavy atom. The monoisotopic (exact) mass is 849 g/mol. The molecule has 3 heterocycles. The molecule has 3 unspecified atom stereocenters. The van der Waals surface area contributed by atoms with Gasteiger partial charge in [-0.05, 0) is 18.6 Å². The summed E-state index contributed by atoms with van der Waals surface area (Å²) < 4.78 is 4.34. The van der Waals surface area contributed by atoms with Crippen molar-refractivity contribution in [1.29, 1.82) is 5.41 Å². The zero-order chi connectivity index (χ0) is 43.3. The van der Waals surface area contributed by atoms with Crippen LogP contribution >= 0.6 is 23.4 Å². The molecule has 0 fully saturated rings. The van der Waals surface area contributed by atoms with Crippen molar-refractivity contribution in [2.24, 2.45) is 32.6 Å². The molecule has 0 saturated carbocycles. The number of nitrogens with two attached hydrogens (primary N) is 2. The molecule has 0 aromatic carbocycles. The first kappa shape index (κ1) is 46.0. The fourth-order valence-electron chi connectivity index (χ4n) is 4.95. The number of hydrogen-bond donors (Lipinski definition) is 11. The van der Waals surface area contributed by atoms with E-state index < -0.39 is 71.4 Å². The van der Waals surface area contributed by atoms with Gasteiger partial charge >= 0.3 is 11.9 Å². The lowest BCUT2D eigenvalue weighted by atomic mass is 10.1. The average Bonchev–Trinajstić information content (AvgIpc) is 3.83. The second-order valence-corrected chi connectivity index (χ2v) is 14.3. The standard InChI is InChI=1S/C33H44ClN13O10S/c1-45-11-16(8-21(45)30(53)38-7-6-23(36)37)40-31(54)22-9-17(12-46(22)2)41-32(55)27-43-24(13-47(27)3)44-28(51)18(34)14-58-15-20(29(52)39-10-26(49)50)42-25(48)5-4-19(35)33(56)57/h8-9,11-13,18-20H,4-7,10,14-15,35H2,1-3H3,(H3,36,37)(H,38,53)(H,39,52)(H,40,54)(H,41,55)(H,42,48)(H,44,51)(H,49,50)(H,56,57). The molecule has 0 aliphatic heterocycles. The number of imidazole rings is 1. The number of carboxylic acids is 2. The lowest BCUT2D eigenvalue weighted by Gasteiger charge is -2.19. The first-order valence-electron chi connectivity index (χ1n) is 17.1. The van der Waals surface area contributed by atoms with Gasteiger partial charge in [0.2, 0.25) is 23.5 Å². The molecule has 23 nitrogen and oxygen atoms in total. The molecule has 13 N–H and O–H groups in total. The van der Waals surface area contributed by atoms with Crippen LogP contribution in [0.1, 0.15) is 50.9 Å². The fraction of sp³-hybridized carbons (Fsp3) is 0.394. The molecule has 0 aliphatic carbocycles. The molecule has 314 valence electrons. The number of rotatable bonds is 22. The van der Waals surface area contributed by atoms with Crippen LogP contribution in [0, 0.1) is 5.41 Å². The molecule has 58 heavy (non-hydrogen) atoms. The number of hydrogen-bond acceptors (Lipinski definition) is 12. The highest BCUT2D eigenvalue weighted by Gasteiger charge is 2.25. The van der Waals surface area contributed by atoms with Gasteiger partial charge in [0, 0.05) is 70.6 Å². The van der Waals surface area contributed by atoms with Crippen molar-refractivity contribution in [2.45, 2.75) is 36.7 Å². The van der Waals surface area contributed by atoms with Gasteiger partial charge in [-0.25, -0.2) is 4.98 Å². The van der Waals surface area contributed by atoms with Crippen LogP contribution in [0.4, 0.5) is 17.2 Å². The van der Waals surface area contributed by atoms with E-state index >= 15 is 0 Å². The maximum absolute atomic E-state index is 13.2. The number of carbonyl (C=O) groups is 8. The lowest BCUT2D eigenvalue weighted by molar-refractivity contribution is -0.139. The number of aliphatic carboxylic acids is 2. The van der Waals surface area contributed by atoms with E-state index in [1.165, 1.54) is 45.3 Å². The van der Waals surface area contributed by atoms with E-state index in [2.05, 4.69) is 36.9 Å². The van der Waals surface area contributed by atoms with Crippen molar-refractivity contribution in [1.82, 2.24) is 34.6 Å². The Morgan fingerprint density at radius 3 is 2.02 bits per heavy atom. The SMILES string of the molecule is Cn1cc(NC(=O)c2cc(NC(=O)c3nc(NC(=O)C(Cl)CSCC(NC(=O)CCC(N)C(=O)O)C(=O)NCC(=O)O)cn3C)cn2C)cc1C(=O)NCCC(=N)N. The summed E-state index contributed by atoms with van der Waals surface area (Å²) in [6.07, 6.45) is 4.06. The quantitative estimate of drug-likeness (QED) is 0.0322. The van der Waals surface area contributed by atoms with Crippen molar-refractivity contribution in [3.63, 3.8) is 0 Å². The van der Waals surface area contributed by atoms with Crippen LogP contribution in [-0.4, -0.2) is 124 Å². The van der Waals surface area contributed by atoms with Crippen LogP contribution in [0.25, 0.3) is 0 Å². The molecule has 0 radical (unpaired) electrons. The zero-order valence-corrected chi connectivity index (χ0v) is 33.0. The number of aromatic nitrogens is 4. The van der Waals surface area contributed by atoms with Gasteiger partial charge in [0.1, 0.15) is 35.4 Å². The predicted molar refractivity (Wildman–Crippen MR) is 212 cm³/mol. The third kappa shape index (κ3) is 14.0. The normalized spacial score (nSPS) is 12.4. The number of aryl methyl sites for hydroxylation is 3. The van der Waals surface area contributed by atoms with Crippen LogP contribution < -0.4 is 43.4 Å². The number of nitrogens with one attached hydrogen (secondary N) is 7. The maximum Gasteiger partial charge on any atom is 0.322 e. The first-order chi connectivity index (χ1) is 27.2. The summed E-state index contributed by atoms with van der Waals surface area (Å²) in [6, 6.07) is 0.351. The Morgan fingerprint density at radius 2 is 1.43 bits per heavy atom. The lowest BCUT2D eigenvalue weighted by Crippen LogP contribution is -2.49. The minimum atomic E-state index is -1.33. The molecular formula is C33H44ClN13O10S. The van der Waals surface area contributed by atoms with E-state index in [0.29, 0.717) is 5.69 Å². The molecular weight excluding hydrogens is 806 g/mol. The summed E-state index contributed by atoms with van der Waals surface area (Å²) in [6.45, 7) is -0.548. The number of carbonyl (C=O) groups excluding carboxylic acids is 6. The summed E-state index contributed by atoms with van der Waals surface area (Å²) in [5.74, 6) is -6.92. The van der Waals surface area contributed by atoms with E-state index in [1.54, 1.807) is 20.3 Å². The third-order valence-corrected chi connectivity index (χ3v) is 9.57. The number of amidine groups is 1. The largest absolute Gasteiger partial charge is 0.480 e. The van der Waals surface area contributed by atoms with E-state index in [9.17, 15) is 38.4 Å². The van der Waals surface area contributed by atoms with Crippen LogP contribution in [0.5, 0.6) is 0 Å². The highest BCUT2D eigenvalue weighted by atomic mass is 35.5. The van der Waals surface area contributed by atoms with E-state index in [-0.39, 0.29) is 71.9 Å². The highest BCUT2D eigenvalue weighted by molar-refractivity contribution is 7.99. The fourth-order valence-corrected chi connectivity index (χ4v) is 6.24. The van der Waals surface area contributed by atoms with E-state index in [0.717, 1.165) is 11.8 Å². The Bertz CT molecular complexity index is 2060. The number of alkyl halides is 1. The Balaban J connectivity index is 1.56. The number of amides is 6. The summed E-state index contributed by atoms with van der Waals surface area (Å²) in [4.78, 5) is 103. The maximum atomic E-state index is 13.2. The molecule has 3 aromatic rings. The molecule has 3 rings (SSSR count). The first-order valence-corrected chi connectivity index (χ1v) is 18.7. The van der Waals surface area contributed by atoms with Crippen molar-refractivity contribution in [3.8, 4) is 0 Å². The van der Waals surface area contributed by atoms with Gasteiger partial charge in [-0.3, -0.25) is 43.8 Å². The molecule has 3 aromatic heterocycles. The van der Waals surface area contributed by atoms with Crippen LogP contribution in [0.15, 0.2) is 30.7 Å². The van der Waals surface area contributed by atoms with Gasteiger partial charge in [0.15, 0.2) is 5.82 Å². The molecule has 25 heteroatoms. The van der Waals surface area contributed by atoms with Gasteiger partial charge in [-0.2, -0.15) is 11.8 Å². The van der Waals surface area contributed by atoms with Crippen LogP contribution in [0.2, 0.25) is 0 Å².